The molecule has 8 nitrogen and oxygen atoms in total. The number of nitrogens with one attached hydrogen (secondary N) is 3. The lowest BCUT2D eigenvalue weighted by Crippen LogP contribution is -2.38. The zero-order valence-corrected chi connectivity index (χ0v) is 16.5. The van der Waals surface area contributed by atoms with Gasteiger partial charge in [-0.3, -0.25) is 10.2 Å². The van der Waals surface area contributed by atoms with E-state index in [2.05, 4.69) is 36.9 Å². The molecule has 0 radical (unpaired) electrons. The van der Waals surface area contributed by atoms with Crippen LogP contribution in [0.1, 0.15) is 23.4 Å². The molecule has 3 N–H and O–H groups in total. The zero-order chi connectivity index (χ0) is 18.5. The van der Waals surface area contributed by atoms with Crippen LogP contribution in [0.15, 0.2) is 12.3 Å². The van der Waals surface area contributed by atoms with E-state index in [9.17, 15) is 0 Å². The van der Waals surface area contributed by atoms with Gasteiger partial charge in [-0.25, -0.2) is 9.97 Å². The van der Waals surface area contributed by atoms with Crippen molar-refractivity contribution in [2.45, 2.75) is 32.4 Å². The van der Waals surface area contributed by atoms with Crippen LogP contribution >= 0.6 is 11.3 Å². The van der Waals surface area contributed by atoms with Gasteiger partial charge in [-0.1, -0.05) is 0 Å². The third-order valence-corrected chi connectivity index (χ3v) is 5.59. The fourth-order valence-corrected chi connectivity index (χ4v) is 4.05. The smallest absolute Gasteiger partial charge is 0.231 e. The van der Waals surface area contributed by atoms with Crippen LogP contribution in [0.3, 0.4) is 0 Å². The summed E-state index contributed by atoms with van der Waals surface area (Å²) in [6.45, 7) is 8.36. The number of hydrogen-bond acceptors (Lipinski definition) is 9. The van der Waals surface area contributed by atoms with E-state index in [1.165, 1.54) is 6.42 Å². The number of rotatable bonds is 6. The van der Waals surface area contributed by atoms with E-state index < -0.39 is 0 Å². The summed E-state index contributed by atoms with van der Waals surface area (Å²) in [7, 11) is 0. The van der Waals surface area contributed by atoms with Crippen LogP contribution in [0.4, 0.5) is 16.9 Å². The first kappa shape index (κ1) is 18.5. The van der Waals surface area contributed by atoms with Gasteiger partial charge in [-0.15, -0.1) is 11.3 Å². The van der Waals surface area contributed by atoms with Gasteiger partial charge in [0.05, 0.1) is 18.9 Å². The molecule has 2 saturated heterocycles. The lowest BCUT2D eigenvalue weighted by atomic mass is 10.1. The summed E-state index contributed by atoms with van der Waals surface area (Å²) in [5.41, 5.74) is 1.01. The van der Waals surface area contributed by atoms with Gasteiger partial charge in [0, 0.05) is 49.4 Å². The Balaban J connectivity index is 1.52. The minimum atomic E-state index is 0.403. The highest BCUT2D eigenvalue weighted by molar-refractivity contribution is 7.15. The minimum Gasteiger partial charge on any atom is -0.379 e. The Kier molecular flexibility index (Phi) is 6.13. The Labute approximate surface area is 163 Å². The molecule has 0 bridgehead atoms. The van der Waals surface area contributed by atoms with Gasteiger partial charge < -0.3 is 15.4 Å². The molecule has 27 heavy (non-hydrogen) atoms. The summed E-state index contributed by atoms with van der Waals surface area (Å²) in [5, 5.41) is 11.1. The maximum Gasteiger partial charge on any atom is 0.231 e. The molecular weight excluding hydrogens is 362 g/mol. The Morgan fingerprint density at radius 3 is 2.96 bits per heavy atom. The van der Waals surface area contributed by atoms with Crippen molar-refractivity contribution in [2.75, 3.05) is 50.0 Å². The number of nitrogens with zero attached hydrogens (tertiary/aromatic N) is 4. The molecule has 0 saturated carbocycles. The van der Waals surface area contributed by atoms with E-state index >= 15 is 0 Å². The van der Waals surface area contributed by atoms with Gasteiger partial charge in [-0.05, 0) is 26.3 Å². The summed E-state index contributed by atoms with van der Waals surface area (Å²) in [6.07, 6.45) is 4.20. The quantitative estimate of drug-likeness (QED) is 0.691. The average Bonchev–Trinajstić information content (AvgIpc) is 3.08. The fraction of sp³-hybridized carbons (Fsp3) is 0.611. The number of morpholine rings is 1. The van der Waals surface area contributed by atoms with Crippen molar-refractivity contribution in [2.24, 2.45) is 0 Å². The molecule has 4 rings (SSSR count). The van der Waals surface area contributed by atoms with E-state index in [1.807, 2.05) is 13.1 Å². The molecule has 2 aromatic rings. The number of piperidine rings is 1. The first-order chi connectivity index (χ1) is 13.2. The lowest BCUT2D eigenvalue weighted by Gasteiger charge is -2.27. The maximum atomic E-state index is 5.45. The van der Waals surface area contributed by atoms with Gasteiger partial charge >= 0.3 is 0 Å². The molecule has 0 spiro atoms. The van der Waals surface area contributed by atoms with Crippen molar-refractivity contribution in [3.05, 3.63) is 22.8 Å². The first-order valence-corrected chi connectivity index (χ1v) is 10.4. The molecule has 0 aliphatic carbocycles. The normalized spacial score (nSPS) is 21.1. The molecule has 2 aromatic heterocycles. The standard InChI is InChI=1S/C18H27N7OS/c1-13-10-20-18(27-13)24-17-22-15(12-25-5-7-26-8-6-25)9-16(23-17)21-14-3-2-4-19-11-14/h9-10,14,19H,2-8,11-12H2,1H3,(H2,20,21,22,23,24)/t14-/m0/s1. The summed E-state index contributed by atoms with van der Waals surface area (Å²) in [6, 6.07) is 2.47. The van der Waals surface area contributed by atoms with E-state index in [1.54, 1.807) is 11.3 Å². The van der Waals surface area contributed by atoms with Crippen molar-refractivity contribution >= 4 is 28.2 Å². The van der Waals surface area contributed by atoms with Gasteiger partial charge in [-0.2, -0.15) is 4.98 Å². The molecule has 2 aliphatic heterocycles. The lowest BCUT2D eigenvalue weighted by molar-refractivity contribution is 0.0336. The van der Waals surface area contributed by atoms with Crippen LogP contribution in [-0.4, -0.2) is 65.3 Å². The number of thiazole rings is 1. The van der Waals surface area contributed by atoms with Crippen molar-refractivity contribution < 1.29 is 4.74 Å². The summed E-state index contributed by atoms with van der Waals surface area (Å²) in [4.78, 5) is 17.3. The minimum absolute atomic E-state index is 0.403. The van der Waals surface area contributed by atoms with Crippen molar-refractivity contribution in [1.82, 2.24) is 25.2 Å². The first-order valence-electron chi connectivity index (χ1n) is 9.59. The molecule has 1 atom stereocenters. The van der Waals surface area contributed by atoms with Crippen molar-refractivity contribution in [3.8, 4) is 0 Å². The Morgan fingerprint density at radius 1 is 1.33 bits per heavy atom. The van der Waals surface area contributed by atoms with Crippen LogP contribution in [0.2, 0.25) is 0 Å². The van der Waals surface area contributed by atoms with Gasteiger partial charge in [0.25, 0.3) is 0 Å². The second-order valence-electron chi connectivity index (χ2n) is 7.05. The van der Waals surface area contributed by atoms with Crippen LogP contribution in [0, 0.1) is 6.92 Å². The zero-order valence-electron chi connectivity index (χ0n) is 15.7. The number of anilines is 3. The number of aromatic nitrogens is 3. The highest BCUT2D eigenvalue weighted by Crippen LogP contribution is 2.22. The monoisotopic (exact) mass is 389 g/mol. The van der Waals surface area contributed by atoms with E-state index in [0.717, 1.165) is 73.9 Å². The van der Waals surface area contributed by atoms with Crippen LogP contribution < -0.4 is 16.0 Å². The van der Waals surface area contributed by atoms with Crippen LogP contribution in [0.25, 0.3) is 0 Å². The van der Waals surface area contributed by atoms with E-state index in [4.69, 9.17) is 9.72 Å². The fourth-order valence-electron chi connectivity index (χ4n) is 3.39. The third kappa shape index (κ3) is 5.35. The maximum absolute atomic E-state index is 5.45. The van der Waals surface area contributed by atoms with Crippen LogP contribution in [0.5, 0.6) is 0 Å². The predicted octanol–water partition coefficient (Wildman–Crippen LogP) is 1.98. The van der Waals surface area contributed by atoms with E-state index in [0.29, 0.717) is 12.0 Å². The molecule has 2 fully saturated rings. The molecule has 4 heterocycles. The number of hydrogen-bond donors (Lipinski definition) is 3. The van der Waals surface area contributed by atoms with Crippen molar-refractivity contribution in [3.63, 3.8) is 0 Å². The second kappa shape index (κ2) is 8.92. The molecule has 0 unspecified atom stereocenters. The Hall–Kier alpha value is -1.81. The van der Waals surface area contributed by atoms with Crippen LogP contribution in [-0.2, 0) is 11.3 Å². The van der Waals surface area contributed by atoms with Gasteiger partial charge in [0.2, 0.25) is 5.95 Å². The van der Waals surface area contributed by atoms with Gasteiger partial charge in [0.1, 0.15) is 5.82 Å². The second-order valence-corrected chi connectivity index (χ2v) is 8.28. The molecule has 9 heteroatoms. The highest BCUT2D eigenvalue weighted by atomic mass is 32.1. The molecular formula is C18H27N7OS. The molecule has 146 valence electrons. The highest BCUT2D eigenvalue weighted by Gasteiger charge is 2.17. The third-order valence-electron chi connectivity index (χ3n) is 4.76. The average molecular weight is 390 g/mol. The molecule has 0 aromatic carbocycles. The summed E-state index contributed by atoms with van der Waals surface area (Å²) < 4.78 is 5.45. The Bertz CT molecular complexity index is 703. The topological polar surface area (TPSA) is 87.2 Å². The number of ether oxygens (including phenoxy) is 1. The summed E-state index contributed by atoms with van der Waals surface area (Å²) >= 11 is 1.61. The largest absolute Gasteiger partial charge is 0.379 e. The summed E-state index contributed by atoms with van der Waals surface area (Å²) in [5.74, 6) is 1.47. The van der Waals surface area contributed by atoms with Gasteiger partial charge in [0.15, 0.2) is 5.13 Å². The van der Waals surface area contributed by atoms with Crippen molar-refractivity contribution in [1.29, 1.82) is 0 Å². The Morgan fingerprint density at radius 2 is 2.22 bits per heavy atom. The SMILES string of the molecule is Cc1cnc(Nc2nc(CN3CCOCC3)cc(N[C@H]3CCCNC3)n2)s1. The number of aryl methyl sites for hydroxylation is 1. The molecule has 2 aliphatic rings. The van der Waals surface area contributed by atoms with E-state index in [-0.39, 0.29) is 0 Å². The predicted molar refractivity (Wildman–Crippen MR) is 108 cm³/mol. The molecule has 0 amide bonds.